The highest BCUT2D eigenvalue weighted by Gasteiger charge is 2.23. The number of aliphatic hydroxyl groups is 1. The van der Waals surface area contributed by atoms with E-state index in [1.54, 1.807) is 31.2 Å². The molecule has 22 heavy (non-hydrogen) atoms. The molecule has 0 amide bonds. The number of rotatable bonds is 5. The molecule has 118 valence electrons. The van der Waals surface area contributed by atoms with E-state index in [9.17, 15) is 17.9 Å². The molecule has 2 N–H and O–H groups in total. The van der Waals surface area contributed by atoms with Gasteiger partial charge in [0, 0.05) is 5.02 Å². The highest BCUT2D eigenvalue weighted by Crippen LogP contribution is 2.21. The third-order valence-electron chi connectivity index (χ3n) is 3.13. The lowest BCUT2D eigenvalue weighted by molar-refractivity contribution is 0.258. The van der Waals surface area contributed by atoms with Crippen LogP contribution < -0.4 is 4.72 Å². The fourth-order valence-corrected chi connectivity index (χ4v) is 3.38. The quantitative estimate of drug-likeness (QED) is 0.877. The van der Waals surface area contributed by atoms with Crippen molar-refractivity contribution in [3.05, 3.63) is 64.4 Å². The lowest BCUT2D eigenvalue weighted by Gasteiger charge is -2.17. The second kappa shape index (κ2) is 6.75. The van der Waals surface area contributed by atoms with E-state index in [2.05, 4.69) is 4.72 Å². The van der Waals surface area contributed by atoms with Gasteiger partial charge in [0.15, 0.2) is 0 Å². The standard InChI is InChI=1S/C15H15ClFNO3S/c1-10-2-7-15(13(17)8-10)22(20,21)18-14(9-19)11-3-5-12(16)6-4-11/h2-8,14,18-19H,9H2,1H3. The summed E-state index contributed by atoms with van der Waals surface area (Å²) >= 11 is 5.77. The van der Waals surface area contributed by atoms with Gasteiger partial charge in [-0.15, -0.1) is 0 Å². The van der Waals surface area contributed by atoms with Crippen LogP contribution in [0, 0.1) is 12.7 Å². The van der Waals surface area contributed by atoms with Crippen molar-refractivity contribution in [1.29, 1.82) is 0 Å². The molecule has 0 aliphatic heterocycles. The van der Waals surface area contributed by atoms with Crippen molar-refractivity contribution in [2.24, 2.45) is 0 Å². The van der Waals surface area contributed by atoms with E-state index in [0.29, 0.717) is 16.1 Å². The summed E-state index contributed by atoms with van der Waals surface area (Å²) in [6.45, 7) is 1.20. The van der Waals surface area contributed by atoms with E-state index in [1.807, 2.05) is 0 Å². The summed E-state index contributed by atoms with van der Waals surface area (Å²) in [5, 5.41) is 9.91. The Kier molecular flexibility index (Phi) is 5.18. The minimum absolute atomic E-state index is 0.453. The van der Waals surface area contributed by atoms with Gasteiger partial charge >= 0.3 is 0 Å². The van der Waals surface area contributed by atoms with Crippen LogP contribution in [-0.2, 0) is 10.0 Å². The Hall–Kier alpha value is -1.47. The zero-order chi connectivity index (χ0) is 16.3. The molecular weight excluding hydrogens is 329 g/mol. The summed E-state index contributed by atoms with van der Waals surface area (Å²) in [5.74, 6) is -0.833. The zero-order valence-electron chi connectivity index (χ0n) is 11.8. The van der Waals surface area contributed by atoms with Crippen LogP contribution in [-0.4, -0.2) is 20.1 Å². The maximum absolute atomic E-state index is 13.9. The first kappa shape index (κ1) is 16.9. The Morgan fingerprint density at radius 3 is 2.41 bits per heavy atom. The van der Waals surface area contributed by atoms with Gasteiger partial charge in [-0.1, -0.05) is 29.8 Å². The minimum Gasteiger partial charge on any atom is -0.394 e. The summed E-state index contributed by atoms with van der Waals surface area (Å²) in [7, 11) is -4.10. The molecule has 0 saturated carbocycles. The summed E-state index contributed by atoms with van der Waals surface area (Å²) in [4.78, 5) is -0.453. The SMILES string of the molecule is Cc1ccc(S(=O)(=O)NC(CO)c2ccc(Cl)cc2)c(F)c1. The lowest BCUT2D eigenvalue weighted by Crippen LogP contribution is -2.31. The van der Waals surface area contributed by atoms with Gasteiger partial charge in [0.2, 0.25) is 10.0 Å². The average molecular weight is 344 g/mol. The molecule has 1 unspecified atom stereocenters. The summed E-state index contributed by atoms with van der Waals surface area (Å²) in [5.41, 5.74) is 1.15. The number of benzene rings is 2. The van der Waals surface area contributed by atoms with E-state index in [4.69, 9.17) is 11.6 Å². The third kappa shape index (κ3) is 3.84. The predicted molar refractivity (Wildman–Crippen MR) is 82.7 cm³/mol. The van der Waals surface area contributed by atoms with E-state index in [-0.39, 0.29) is 0 Å². The van der Waals surface area contributed by atoms with Crippen molar-refractivity contribution in [2.45, 2.75) is 17.9 Å². The second-order valence-electron chi connectivity index (χ2n) is 4.84. The van der Waals surface area contributed by atoms with E-state index in [1.165, 1.54) is 12.1 Å². The normalized spacial score (nSPS) is 13.1. The molecule has 0 aliphatic rings. The summed E-state index contributed by atoms with van der Waals surface area (Å²) < 4.78 is 40.7. The molecule has 0 aromatic heterocycles. The van der Waals surface area contributed by atoms with Crippen molar-refractivity contribution in [2.75, 3.05) is 6.61 Å². The van der Waals surface area contributed by atoms with Crippen LogP contribution >= 0.6 is 11.6 Å². The molecular formula is C15H15ClFNO3S. The number of aryl methyl sites for hydroxylation is 1. The number of nitrogens with one attached hydrogen (secondary N) is 1. The number of hydrogen-bond donors (Lipinski definition) is 2. The first-order valence-electron chi connectivity index (χ1n) is 6.48. The van der Waals surface area contributed by atoms with Gasteiger partial charge in [-0.05, 0) is 42.3 Å². The van der Waals surface area contributed by atoms with Gasteiger partial charge in [-0.25, -0.2) is 17.5 Å². The van der Waals surface area contributed by atoms with Crippen LogP contribution in [0.2, 0.25) is 5.02 Å². The molecule has 2 aromatic rings. The smallest absolute Gasteiger partial charge is 0.244 e. The van der Waals surface area contributed by atoms with Gasteiger partial charge < -0.3 is 5.11 Å². The van der Waals surface area contributed by atoms with Gasteiger partial charge in [0.1, 0.15) is 10.7 Å². The Morgan fingerprint density at radius 1 is 1.23 bits per heavy atom. The molecule has 2 aromatic carbocycles. The maximum Gasteiger partial charge on any atom is 0.244 e. The van der Waals surface area contributed by atoms with Crippen molar-refractivity contribution >= 4 is 21.6 Å². The van der Waals surface area contributed by atoms with Crippen molar-refractivity contribution < 1.29 is 17.9 Å². The van der Waals surface area contributed by atoms with E-state index < -0.39 is 33.4 Å². The summed E-state index contributed by atoms with van der Waals surface area (Å²) in [6, 6.07) is 9.32. The highest BCUT2D eigenvalue weighted by atomic mass is 35.5. The first-order chi connectivity index (χ1) is 10.3. The second-order valence-corrected chi connectivity index (χ2v) is 6.96. The molecule has 2 rings (SSSR count). The van der Waals surface area contributed by atoms with Gasteiger partial charge in [0.25, 0.3) is 0 Å². The van der Waals surface area contributed by atoms with Crippen LogP contribution in [0.4, 0.5) is 4.39 Å². The Bertz CT molecular complexity index is 763. The lowest BCUT2D eigenvalue weighted by atomic mass is 10.1. The van der Waals surface area contributed by atoms with Gasteiger partial charge in [-0.3, -0.25) is 0 Å². The van der Waals surface area contributed by atoms with Crippen LogP contribution in [0.1, 0.15) is 17.2 Å². The zero-order valence-corrected chi connectivity index (χ0v) is 13.3. The molecule has 0 spiro atoms. The number of hydrogen-bond acceptors (Lipinski definition) is 3. The van der Waals surface area contributed by atoms with Crippen LogP contribution in [0.3, 0.4) is 0 Å². The van der Waals surface area contributed by atoms with Crippen molar-refractivity contribution in [3.63, 3.8) is 0 Å². The Morgan fingerprint density at radius 2 is 1.86 bits per heavy atom. The van der Waals surface area contributed by atoms with Gasteiger partial charge in [-0.2, -0.15) is 0 Å². The van der Waals surface area contributed by atoms with Crippen molar-refractivity contribution in [1.82, 2.24) is 4.72 Å². The monoisotopic (exact) mass is 343 g/mol. The molecule has 1 atom stereocenters. The Balaban J connectivity index is 2.31. The first-order valence-corrected chi connectivity index (χ1v) is 8.34. The molecule has 4 nitrogen and oxygen atoms in total. The summed E-state index contributed by atoms with van der Waals surface area (Å²) in [6.07, 6.45) is 0. The minimum atomic E-state index is -4.10. The number of sulfonamides is 1. The molecule has 0 bridgehead atoms. The molecule has 7 heteroatoms. The fraction of sp³-hybridized carbons (Fsp3) is 0.200. The number of aliphatic hydroxyl groups excluding tert-OH is 1. The molecule has 0 saturated heterocycles. The topological polar surface area (TPSA) is 66.4 Å². The molecule has 0 radical (unpaired) electrons. The van der Waals surface area contributed by atoms with Crippen molar-refractivity contribution in [3.8, 4) is 0 Å². The maximum atomic E-state index is 13.9. The van der Waals surface area contributed by atoms with Crippen LogP contribution in [0.25, 0.3) is 0 Å². The van der Waals surface area contributed by atoms with E-state index in [0.717, 1.165) is 6.07 Å². The predicted octanol–water partition coefficient (Wildman–Crippen LogP) is 2.80. The third-order valence-corrected chi connectivity index (χ3v) is 4.89. The molecule has 0 heterocycles. The molecule has 0 aliphatic carbocycles. The fourth-order valence-electron chi connectivity index (χ4n) is 1.98. The van der Waals surface area contributed by atoms with E-state index >= 15 is 0 Å². The Labute approximate surface area is 133 Å². The number of halogens is 2. The van der Waals surface area contributed by atoms with Crippen LogP contribution in [0.5, 0.6) is 0 Å². The largest absolute Gasteiger partial charge is 0.394 e. The average Bonchev–Trinajstić information content (AvgIpc) is 2.45. The van der Waals surface area contributed by atoms with Crippen LogP contribution in [0.15, 0.2) is 47.4 Å². The highest BCUT2D eigenvalue weighted by molar-refractivity contribution is 7.89. The molecule has 0 fully saturated rings. The van der Waals surface area contributed by atoms with Gasteiger partial charge in [0.05, 0.1) is 12.6 Å².